The van der Waals surface area contributed by atoms with Gasteiger partial charge in [-0.15, -0.1) is 0 Å². The van der Waals surface area contributed by atoms with Crippen LogP contribution in [0.25, 0.3) is 0 Å². The van der Waals surface area contributed by atoms with Gasteiger partial charge in [-0.2, -0.15) is 0 Å². The maximum absolute atomic E-state index is 5.87. The number of ether oxygens (including phenoxy) is 2. The fourth-order valence-electron chi connectivity index (χ4n) is 3.83. The summed E-state index contributed by atoms with van der Waals surface area (Å²) in [5.41, 5.74) is 4.19. The van der Waals surface area contributed by atoms with Crippen molar-refractivity contribution in [3.05, 3.63) is 23.8 Å². The zero-order valence-corrected chi connectivity index (χ0v) is 13.6. The molecule has 118 valence electrons. The molecule has 4 heteroatoms. The number of rotatable bonds is 5. The molecule has 0 spiro atoms. The topological polar surface area (TPSA) is 56.5 Å². The largest absolute Gasteiger partial charge is 0.493 e. The standard InChI is InChI=1S/C17H28N2O2/c1-11-7-12(2)9-14(8-11)17(19-18)13-5-6-15(20-3)16(10-13)21-4/h5-6,10-12,14,17,19H,7-9,18H2,1-4H3. The summed E-state index contributed by atoms with van der Waals surface area (Å²) >= 11 is 0. The first-order chi connectivity index (χ1) is 10.1. The van der Waals surface area contributed by atoms with Crippen LogP contribution in [0.3, 0.4) is 0 Å². The molecule has 0 radical (unpaired) electrons. The van der Waals surface area contributed by atoms with Crippen LogP contribution in [0.15, 0.2) is 18.2 Å². The van der Waals surface area contributed by atoms with Crippen molar-refractivity contribution in [1.82, 2.24) is 5.43 Å². The lowest BCUT2D eigenvalue weighted by atomic mass is 9.72. The summed E-state index contributed by atoms with van der Waals surface area (Å²) in [7, 11) is 3.32. The molecule has 0 bridgehead atoms. The molecular formula is C17H28N2O2. The molecule has 1 aliphatic carbocycles. The van der Waals surface area contributed by atoms with Gasteiger partial charge in [0.15, 0.2) is 11.5 Å². The minimum absolute atomic E-state index is 0.162. The second kappa shape index (κ2) is 7.14. The van der Waals surface area contributed by atoms with Gasteiger partial charge in [-0.05, 0) is 54.7 Å². The van der Waals surface area contributed by atoms with Crippen LogP contribution in [0.5, 0.6) is 11.5 Å². The molecule has 1 aromatic carbocycles. The summed E-state index contributed by atoms with van der Waals surface area (Å²) in [5.74, 6) is 9.46. The average Bonchev–Trinajstić information content (AvgIpc) is 2.46. The van der Waals surface area contributed by atoms with Gasteiger partial charge < -0.3 is 9.47 Å². The lowest BCUT2D eigenvalue weighted by Gasteiger charge is -2.36. The Hall–Kier alpha value is -1.26. The van der Waals surface area contributed by atoms with E-state index in [1.54, 1.807) is 14.2 Å². The number of hydrogen-bond donors (Lipinski definition) is 2. The minimum atomic E-state index is 0.162. The molecule has 3 unspecified atom stereocenters. The van der Waals surface area contributed by atoms with Crippen molar-refractivity contribution in [3.8, 4) is 11.5 Å². The van der Waals surface area contributed by atoms with E-state index in [1.165, 1.54) is 24.8 Å². The van der Waals surface area contributed by atoms with Crippen molar-refractivity contribution in [3.63, 3.8) is 0 Å². The van der Waals surface area contributed by atoms with Gasteiger partial charge in [0, 0.05) is 6.04 Å². The van der Waals surface area contributed by atoms with Gasteiger partial charge in [0.1, 0.15) is 0 Å². The van der Waals surface area contributed by atoms with Crippen LogP contribution in [-0.4, -0.2) is 14.2 Å². The van der Waals surface area contributed by atoms with E-state index < -0.39 is 0 Å². The third kappa shape index (κ3) is 3.69. The van der Waals surface area contributed by atoms with Gasteiger partial charge in [0.2, 0.25) is 0 Å². The van der Waals surface area contributed by atoms with Crippen LogP contribution in [0.4, 0.5) is 0 Å². The van der Waals surface area contributed by atoms with E-state index in [-0.39, 0.29) is 6.04 Å². The summed E-state index contributed by atoms with van der Waals surface area (Å²) in [6.07, 6.45) is 3.75. The predicted octanol–water partition coefficient (Wildman–Crippen LogP) is 3.28. The third-order valence-electron chi connectivity index (χ3n) is 4.63. The van der Waals surface area contributed by atoms with E-state index in [0.717, 1.165) is 23.3 Å². The molecule has 3 atom stereocenters. The van der Waals surface area contributed by atoms with E-state index in [1.807, 2.05) is 12.1 Å². The number of nitrogens with one attached hydrogen (secondary N) is 1. The monoisotopic (exact) mass is 292 g/mol. The fourth-order valence-corrected chi connectivity index (χ4v) is 3.83. The second-order valence-electron chi connectivity index (χ2n) is 6.44. The first-order valence-corrected chi connectivity index (χ1v) is 7.77. The Labute approximate surface area is 128 Å². The van der Waals surface area contributed by atoms with Crippen LogP contribution in [0.2, 0.25) is 0 Å². The van der Waals surface area contributed by atoms with E-state index >= 15 is 0 Å². The molecule has 2 rings (SSSR count). The summed E-state index contributed by atoms with van der Waals surface area (Å²) in [6.45, 7) is 4.68. The van der Waals surface area contributed by atoms with Crippen molar-refractivity contribution in [1.29, 1.82) is 0 Å². The summed E-state index contributed by atoms with van der Waals surface area (Å²) in [6, 6.07) is 6.23. The van der Waals surface area contributed by atoms with Gasteiger partial charge in [-0.1, -0.05) is 19.9 Å². The first-order valence-electron chi connectivity index (χ1n) is 7.77. The van der Waals surface area contributed by atoms with Crippen molar-refractivity contribution in [2.45, 2.75) is 39.2 Å². The molecule has 4 nitrogen and oxygen atoms in total. The third-order valence-corrected chi connectivity index (χ3v) is 4.63. The zero-order chi connectivity index (χ0) is 15.4. The molecule has 0 aromatic heterocycles. The van der Waals surface area contributed by atoms with Gasteiger partial charge in [-0.3, -0.25) is 11.3 Å². The van der Waals surface area contributed by atoms with Gasteiger partial charge in [0.25, 0.3) is 0 Å². The van der Waals surface area contributed by atoms with Crippen LogP contribution < -0.4 is 20.7 Å². The quantitative estimate of drug-likeness (QED) is 0.646. The van der Waals surface area contributed by atoms with Gasteiger partial charge in [0.05, 0.1) is 14.2 Å². The number of hydrogen-bond acceptors (Lipinski definition) is 4. The normalized spacial score (nSPS) is 27.2. The molecule has 0 saturated heterocycles. The number of methoxy groups -OCH3 is 2. The number of benzene rings is 1. The highest BCUT2D eigenvalue weighted by Gasteiger charge is 2.30. The van der Waals surface area contributed by atoms with Crippen LogP contribution in [0, 0.1) is 17.8 Å². The Morgan fingerprint density at radius 3 is 2.19 bits per heavy atom. The van der Waals surface area contributed by atoms with Crippen LogP contribution >= 0.6 is 0 Å². The molecular weight excluding hydrogens is 264 g/mol. The highest BCUT2D eigenvalue weighted by Crippen LogP contribution is 2.41. The van der Waals surface area contributed by atoms with Crippen molar-refractivity contribution in [2.75, 3.05) is 14.2 Å². The van der Waals surface area contributed by atoms with Gasteiger partial charge >= 0.3 is 0 Å². The minimum Gasteiger partial charge on any atom is -0.493 e. The van der Waals surface area contributed by atoms with Crippen molar-refractivity contribution >= 4 is 0 Å². The fraction of sp³-hybridized carbons (Fsp3) is 0.647. The average molecular weight is 292 g/mol. The zero-order valence-electron chi connectivity index (χ0n) is 13.6. The summed E-state index contributed by atoms with van der Waals surface area (Å²) in [5, 5.41) is 0. The van der Waals surface area contributed by atoms with Crippen LogP contribution in [0.1, 0.15) is 44.7 Å². The SMILES string of the molecule is COc1ccc(C(NN)C2CC(C)CC(C)C2)cc1OC. The highest BCUT2D eigenvalue weighted by molar-refractivity contribution is 5.44. The molecule has 0 heterocycles. The number of hydrazine groups is 1. The Balaban J connectivity index is 2.24. The lowest BCUT2D eigenvalue weighted by Crippen LogP contribution is -2.37. The molecule has 21 heavy (non-hydrogen) atoms. The molecule has 1 aromatic rings. The Kier molecular flexibility index (Phi) is 5.48. The Bertz CT molecular complexity index is 454. The molecule has 1 saturated carbocycles. The lowest BCUT2D eigenvalue weighted by molar-refractivity contribution is 0.176. The van der Waals surface area contributed by atoms with Crippen molar-refractivity contribution in [2.24, 2.45) is 23.6 Å². The van der Waals surface area contributed by atoms with Crippen LogP contribution in [-0.2, 0) is 0 Å². The smallest absolute Gasteiger partial charge is 0.161 e. The van der Waals surface area contributed by atoms with Gasteiger partial charge in [-0.25, -0.2) is 0 Å². The predicted molar refractivity (Wildman–Crippen MR) is 85.3 cm³/mol. The molecule has 1 aliphatic rings. The van der Waals surface area contributed by atoms with E-state index in [9.17, 15) is 0 Å². The van der Waals surface area contributed by atoms with E-state index in [2.05, 4.69) is 25.3 Å². The summed E-state index contributed by atoms with van der Waals surface area (Å²) in [4.78, 5) is 0. The maximum atomic E-state index is 5.87. The summed E-state index contributed by atoms with van der Waals surface area (Å²) < 4.78 is 10.7. The molecule has 1 fully saturated rings. The molecule has 3 N–H and O–H groups in total. The Morgan fingerprint density at radius 2 is 1.67 bits per heavy atom. The number of nitrogens with two attached hydrogens (primary N) is 1. The second-order valence-corrected chi connectivity index (χ2v) is 6.44. The maximum Gasteiger partial charge on any atom is 0.161 e. The molecule has 0 amide bonds. The molecule has 0 aliphatic heterocycles. The highest BCUT2D eigenvalue weighted by atomic mass is 16.5. The Morgan fingerprint density at radius 1 is 1.05 bits per heavy atom. The van der Waals surface area contributed by atoms with E-state index in [0.29, 0.717) is 5.92 Å². The first kappa shape index (κ1) is 16.1. The van der Waals surface area contributed by atoms with Crippen molar-refractivity contribution < 1.29 is 9.47 Å². The van der Waals surface area contributed by atoms with E-state index in [4.69, 9.17) is 15.3 Å².